The summed E-state index contributed by atoms with van der Waals surface area (Å²) < 4.78 is 27.8. The fraction of sp³-hybridized carbons (Fsp3) is 0.130. The molecule has 0 fully saturated rings. The third kappa shape index (κ3) is 2.92. The van der Waals surface area contributed by atoms with E-state index >= 15 is 0 Å². The molecule has 0 spiro atoms. The van der Waals surface area contributed by atoms with Gasteiger partial charge in [0.25, 0.3) is 15.9 Å². The summed E-state index contributed by atoms with van der Waals surface area (Å²) in [6.45, 7) is -0.292. The number of amides is 1. The molecule has 4 heterocycles. The molecular weight excluding hydrogens is 462 g/mol. The summed E-state index contributed by atoms with van der Waals surface area (Å²) in [4.78, 5) is 15.8. The van der Waals surface area contributed by atoms with Crippen molar-refractivity contribution in [1.29, 1.82) is 0 Å². The first kappa shape index (κ1) is 19.7. The third-order valence-electron chi connectivity index (χ3n) is 5.80. The van der Waals surface area contributed by atoms with Crippen LogP contribution in [0.1, 0.15) is 22.2 Å². The van der Waals surface area contributed by atoms with E-state index in [1.165, 1.54) is 9.31 Å². The van der Waals surface area contributed by atoms with Crippen molar-refractivity contribution in [2.75, 3.05) is 10.8 Å². The Hall–Kier alpha value is -3.01. The van der Waals surface area contributed by atoms with Gasteiger partial charge in [-0.2, -0.15) is 5.10 Å². The fourth-order valence-corrected chi connectivity index (χ4v) is 7.55. The molecule has 2 aliphatic rings. The van der Waals surface area contributed by atoms with Crippen LogP contribution in [0.15, 0.2) is 81.4 Å². The second kappa shape index (κ2) is 7.26. The molecule has 0 aliphatic carbocycles. The minimum absolute atomic E-state index is 0.233. The van der Waals surface area contributed by atoms with E-state index in [4.69, 9.17) is 0 Å². The zero-order chi connectivity index (χ0) is 21.9. The minimum Gasteiger partial charge on any atom is -0.271 e. The number of hydrazone groups is 1. The highest BCUT2D eigenvalue weighted by molar-refractivity contribution is 7.93. The van der Waals surface area contributed by atoms with Gasteiger partial charge in [-0.1, -0.05) is 36.4 Å². The zero-order valence-electron chi connectivity index (χ0n) is 16.7. The van der Waals surface area contributed by atoms with Gasteiger partial charge in [-0.3, -0.25) is 9.10 Å². The summed E-state index contributed by atoms with van der Waals surface area (Å²) in [5.74, 6) is -0.344. The van der Waals surface area contributed by atoms with Crippen LogP contribution in [-0.2, 0) is 14.8 Å². The van der Waals surface area contributed by atoms with Crippen LogP contribution in [0.25, 0.3) is 10.8 Å². The predicted octanol–water partition coefficient (Wildman–Crippen LogP) is 4.85. The number of thiophene rings is 2. The Balaban J connectivity index is 1.38. The van der Waals surface area contributed by atoms with Gasteiger partial charge in [0.2, 0.25) is 0 Å². The lowest BCUT2D eigenvalue weighted by Crippen LogP contribution is -2.39. The van der Waals surface area contributed by atoms with Gasteiger partial charge in [-0.05, 0) is 40.4 Å². The monoisotopic (exact) mass is 479 g/mol. The Morgan fingerprint density at radius 2 is 1.78 bits per heavy atom. The average Bonchev–Trinajstić information content (AvgIpc) is 3.57. The molecule has 0 bridgehead atoms. The summed E-state index contributed by atoms with van der Waals surface area (Å²) in [5.41, 5.74) is 1.39. The molecule has 160 valence electrons. The lowest BCUT2D eigenvalue weighted by molar-refractivity contribution is -0.131. The molecule has 0 radical (unpaired) electrons. The highest BCUT2D eigenvalue weighted by Crippen LogP contribution is 2.42. The Bertz CT molecular complexity index is 1470. The lowest BCUT2D eigenvalue weighted by atomic mass is 10.1. The van der Waals surface area contributed by atoms with Crippen molar-refractivity contribution < 1.29 is 13.2 Å². The van der Waals surface area contributed by atoms with E-state index < -0.39 is 10.0 Å². The molecule has 1 atom stereocenters. The van der Waals surface area contributed by atoms with Crippen LogP contribution in [0, 0.1) is 0 Å². The Labute approximate surface area is 193 Å². The average molecular weight is 480 g/mol. The molecule has 2 aromatic heterocycles. The maximum atomic E-state index is 13.5. The number of carbonyl (C=O) groups is 1. The number of sulfonamides is 1. The first-order valence-corrected chi connectivity index (χ1v) is 13.3. The molecular formula is C23H17N3O3S3. The van der Waals surface area contributed by atoms with Crippen LogP contribution >= 0.6 is 22.7 Å². The first-order chi connectivity index (χ1) is 15.5. The normalized spacial score (nSPS) is 19.0. The molecule has 0 saturated carbocycles. The standard InChI is InChI=1S/C23H17N3O3S3/c27-22(14-25-17-7-1-5-15-6-2-10-21(23(15)17)32(25,28)29)26-18(20-9-4-12-31-20)13-16(24-26)19-8-3-11-30-19/h1-12,18H,13-14H2. The molecule has 6 rings (SSSR count). The van der Waals surface area contributed by atoms with E-state index in [1.807, 2.05) is 53.2 Å². The topological polar surface area (TPSA) is 70.1 Å². The fourth-order valence-electron chi connectivity index (χ4n) is 4.36. The first-order valence-electron chi connectivity index (χ1n) is 10.1. The number of rotatable bonds is 4. The number of nitrogens with zero attached hydrogens (tertiary/aromatic N) is 3. The van der Waals surface area contributed by atoms with E-state index in [9.17, 15) is 13.2 Å². The maximum absolute atomic E-state index is 13.5. The Kier molecular flexibility index (Phi) is 4.46. The number of carbonyl (C=O) groups excluding carboxylic acids is 1. The summed E-state index contributed by atoms with van der Waals surface area (Å²) >= 11 is 3.16. The summed E-state index contributed by atoms with van der Waals surface area (Å²) in [5, 5.41) is 11.6. The van der Waals surface area contributed by atoms with Crippen LogP contribution in [-0.4, -0.2) is 31.6 Å². The largest absolute Gasteiger partial charge is 0.271 e. The molecule has 2 aromatic carbocycles. The van der Waals surface area contributed by atoms with Crippen molar-refractivity contribution in [3.8, 4) is 0 Å². The van der Waals surface area contributed by atoms with Crippen molar-refractivity contribution >= 4 is 60.8 Å². The van der Waals surface area contributed by atoms with Gasteiger partial charge in [0.1, 0.15) is 6.54 Å². The van der Waals surface area contributed by atoms with E-state index in [-0.39, 0.29) is 23.4 Å². The Morgan fingerprint density at radius 1 is 1.00 bits per heavy atom. The van der Waals surface area contributed by atoms with Crippen LogP contribution in [0.5, 0.6) is 0 Å². The van der Waals surface area contributed by atoms with E-state index in [1.54, 1.807) is 40.9 Å². The van der Waals surface area contributed by atoms with Gasteiger partial charge in [0.05, 0.1) is 27.2 Å². The molecule has 0 saturated heterocycles. The second-order valence-electron chi connectivity index (χ2n) is 7.64. The molecule has 1 unspecified atom stereocenters. The number of benzene rings is 2. The van der Waals surface area contributed by atoms with E-state index in [2.05, 4.69) is 5.10 Å². The van der Waals surface area contributed by atoms with Gasteiger partial charge in [0.15, 0.2) is 0 Å². The van der Waals surface area contributed by atoms with Crippen molar-refractivity contribution in [2.45, 2.75) is 17.4 Å². The zero-order valence-corrected chi connectivity index (χ0v) is 19.2. The Morgan fingerprint density at radius 3 is 2.53 bits per heavy atom. The van der Waals surface area contributed by atoms with Gasteiger partial charge in [-0.15, -0.1) is 22.7 Å². The highest BCUT2D eigenvalue weighted by Gasteiger charge is 2.40. The van der Waals surface area contributed by atoms with Crippen molar-refractivity contribution in [3.63, 3.8) is 0 Å². The second-order valence-corrected chi connectivity index (χ2v) is 11.4. The number of hydrogen-bond acceptors (Lipinski definition) is 6. The molecule has 0 N–H and O–H groups in total. The molecule has 9 heteroatoms. The third-order valence-corrected chi connectivity index (χ3v) is 9.50. The summed E-state index contributed by atoms with van der Waals surface area (Å²) in [6.07, 6.45) is 0.606. The van der Waals surface area contributed by atoms with Crippen LogP contribution in [0.2, 0.25) is 0 Å². The van der Waals surface area contributed by atoms with Gasteiger partial charge >= 0.3 is 0 Å². The van der Waals surface area contributed by atoms with E-state index in [0.717, 1.165) is 20.9 Å². The quantitative estimate of drug-likeness (QED) is 0.420. The molecule has 2 aliphatic heterocycles. The van der Waals surface area contributed by atoms with E-state index in [0.29, 0.717) is 17.5 Å². The smallest absolute Gasteiger partial charge is 0.265 e. The van der Waals surface area contributed by atoms with Crippen LogP contribution in [0.3, 0.4) is 0 Å². The summed E-state index contributed by atoms with van der Waals surface area (Å²) in [7, 11) is -3.81. The number of hydrogen-bond donors (Lipinski definition) is 0. The molecule has 1 amide bonds. The lowest BCUT2D eigenvalue weighted by Gasteiger charge is -2.24. The molecule has 6 nitrogen and oxygen atoms in total. The van der Waals surface area contributed by atoms with Crippen molar-refractivity contribution in [1.82, 2.24) is 5.01 Å². The molecule has 32 heavy (non-hydrogen) atoms. The predicted molar refractivity (Wildman–Crippen MR) is 128 cm³/mol. The highest BCUT2D eigenvalue weighted by atomic mass is 32.2. The SMILES string of the molecule is O=C(CN1c2cccc3cccc(c23)S1(=O)=O)N1N=C(c2cccs2)CC1c1cccs1. The van der Waals surface area contributed by atoms with Crippen molar-refractivity contribution in [2.24, 2.45) is 5.10 Å². The maximum Gasteiger partial charge on any atom is 0.265 e. The van der Waals surface area contributed by atoms with Crippen molar-refractivity contribution in [3.05, 3.63) is 81.2 Å². The summed E-state index contributed by atoms with van der Waals surface area (Å²) in [6, 6.07) is 18.3. The number of anilines is 1. The van der Waals surface area contributed by atoms with Gasteiger partial charge in [-0.25, -0.2) is 13.4 Å². The van der Waals surface area contributed by atoms with Crippen LogP contribution in [0.4, 0.5) is 5.69 Å². The van der Waals surface area contributed by atoms with Gasteiger partial charge < -0.3 is 0 Å². The van der Waals surface area contributed by atoms with Crippen LogP contribution < -0.4 is 4.31 Å². The van der Waals surface area contributed by atoms with Gasteiger partial charge in [0, 0.05) is 16.7 Å². The minimum atomic E-state index is -3.81. The molecule has 4 aromatic rings.